The first-order chi connectivity index (χ1) is 26.8. The van der Waals surface area contributed by atoms with Gasteiger partial charge in [-0.15, -0.1) is 0 Å². The highest BCUT2D eigenvalue weighted by Crippen LogP contribution is 2.44. The van der Waals surface area contributed by atoms with E-state index in [1.807, 2.05) is 59.4 Å². The smallest absolute Gasteiger partial charge is 0.457 e. The van der Waals surface area contributed by atoms with Crippen LogP contribution in [0, 0.1) is 0 Å². The van der Waals surface area contributed by atoms with Crippen LogP contribution >= 0.6 is 0 Å². The van der Waals surface area contributed by atoms with Gasteiger partial charge in [0.25, 0.3) is 11.4 Å². The van der Waals surface area contributed by atoms with Crippen LogP contribution < -0.4 is 13.9 Å². The van der Waals surface area contributed by atoms with Gasteiger partial charge in [0.1, 0.15) is 17.3 Å². The largest absolute Gasteiger partial charge is 0.503 e. The van der Waals surface area contributed by atoms with Crippen molar-refractivity contribution >= 4 is 50.6 Å². The van der Waals surface area contributed by atoms with Gasteiger partial charge < -0.3 is 4.74 Å². The second-order valence-corrected chi connectivity index (χ2v) is 16.8. The van der Waals surface area contributed by atoms with Crippen LogP contribution in [0.3, 0.4) is 0 Å². The number of hydrogen-bond acceptors (Lipinski definition) is 3. The summed E-state index contributed by atoms with van der Waals surface area (Å²) in [5, 5.41) is 2.11. The Labute approximate surface area is 318 Å². The number of fused-ring (bicyclic) bond motifs is 4. The molecule has 0 unspecified atom stereocenters. The number of hydrogen-bond donors (Lipinski definition) is 0. The zero-order valence-corrected chi connectivity index (χ0v) is 31.9. The lowest BCUT2D eigenvalue weighted by molar-refractivity contribution is 0.483. The minimum Gasteiger partial charge on any atom is -0.457 e. The quantitative estimate of drug-likeness (QED) is 0.168. The number of aromatic nitrogens is 3. The Bertz CT molecular complexity index is 2830. The van der Waals surface area contributed by atoms with E-state index in [2.05, 4.69) is 114 Å². The maximum absolute atomic E-state index is 9.18. The Morgan fingerprint density at radius 2 is 1.32 bits per heavy atom. The van der Waals surface area contributed by atoms with Crippen molar-refractivity contribution in [2.24, 2.45) is 0 Å². The predicted octanol–water partition coefficient (Wildman–Crippen LogP) is 12.1. The van der Waals surface area contributed by atoms with E-state index in [1.54, 1.807) is 10.8 Å². The van der Waals surface area contributed by atoms with Crippen molar-refractivity contribution in [1.82, 2.24) is 23.7 Å². The molecule has 4 heterocycles. The van der Waals surface area contributed by atoms with Crippen LogP contribution in [0.4, 0.5) is 22.7 Å². The molecule has 0 atom stereocenters. The lowest BCUT2D eigenvalue weighted by Gasteiger charge is -2.25. The molecule has 0 fully saturated rings. The minimum absolute atomic E-state index is 0.0602. The monoisotopic (exact) mass is 701 g/mol. The topological polar surface area (TPSA) is 46.0 Å². The lowest BCUT2D eigenvalue weighted by Crippen LogP contribution is -2.21. The van der Waals surface area contributed by atoms with Crippen LogP contribution in [0.2, 0.25) is 0 Å². The first-order valence-corrected chi connectivity index (χ1v) is 18.1. The van der Waals surface area contributed by atoms with Gasteiger partial charge in [-0.05, 0) is 67.4 Å². The van der Waals surface area contributed by atoms with E-state index in [9.17, 15) is 1.37 Å². The molecule has 7 aromatic rings. The molecule has 0 amide bonds. The Morgan fingerprint density at radius 1 is 0.660 bits per heavy atom. The summed E-state index contributed by atoms with van der Waals surface area (Å²) in [7, 11) is 0. The fourth-order valence-electron chi connectivity index (χ4n) is 7.15. The molecule has 53 heavy (non-hydrogen) atoms. The molecule has 4 aromatic carbocycles. The van der Waals surface area contributed by atoms with Gasteiger partial charge in [0.05, 0.1) is 28.8 Å². The van der Waals surface area contributed by atoms with E-state index >= 15 is 0 Å². The normalized spacial score (nSPS) is 14.4. The zero-order valence-electron chi connectivity index (χ0n) is 35.9. The third-order valence-electron chi connectivity index (χ3n) is 9.86. The minimum atomic E-state index is -0.304. The SMILES string of the molecule is [2H]c1c([2H])c([2H])c2c(c1[2H])[N+](c1cccc(Oc3ccc4c5ccncc5n(-c5cc(C(C)(C)C)ccn5)c4c3)c1)=C=[N+]2c1c(C(C)(C)C)cccc1C(C)(C)C. The first kappa shape index (κ1) is 29.7. The summed E-state index contributed by atoms with van der Waals surface area (Å²) in [6.45, 7) is 19.5. The molecule has 6 nitrogen and oxygen atoms in total. The Hall–Kier alpha value is -5.84. The van der Waals surface area contributed by atoms with Crippen molar-refractivity contribution < 1.29 is 10.2 Å². The fourth-order valence-corrected chi connectivity index (χ4v) is 7.15. The Morgan fingerprint density at radius 3 is 2.02 bits per heavy atom. The van der Waals surface area contributed by atoms with Crippen molar-refractivity contribution in [3.8, 4) is 17.3 Å². The number of benzene rings is 4. The third kappa shape index (κ3) is 6.13. The van der Waals surface area contributed by atoms with Gasteiger partial charge in [-0.2, -0.15) is 0 Å². The summed E-state index contributed by atoms with van der Waals surface area (Å²) >= 11 is 0. The van der Waals surface area contributed by atoms with Crippen LogP contribution in [-0.2, 0) is 16.2 Å². The molecule has 3 aromatic heterocycles. The molecule has 264 valence electrons. The van der Waals surface area contributed by atoms with Crippen molar-refractivity contribution in [2.45, 2.75) is 78.6 Å². The number of rotatable bonds is 5. The number of ether oxygens (including phenoxy) is 1. The molecule has 0 saturated carbocycles. The van der Waals surface area contributed by atoms with Crippen molar-refractivity contribution in [3.63, 3.8) is 0 Å². The van der Waals surface area contributed by atoms with Gasteiger partial charge in [0.15, 0.2) is 0 Å². The third-order valence-corrected chi connectivity index (χ3v) is 9.86. The lowest BCUT2D eigenvalue weighted by atomic mass is 9.78. The van der Waals surface area contributed by atoms with Crippen molar-refractivity contribution in [1.29, 1.82) is 0 Å². The van der Waals surface area contributed by atoms with Crippen LogP contribution in [0.25, 0.3) is 27.6 Å². The molecule has 1 aliphatic rings. The van der Waals surface area contributed by atoms with E-state index in [-0.39, 0.29) is 40.4 Å². The van der Waals surface area contributed by atoms with Crippen LogP contribution in [0.15, 0.2) is 122 Å². The van der Waals surface area contributed by atoms with Crippen molar-refractivity contribution in [3.05, 3.63) is 138 Å². The van der Waals surface area contributed by atoms with Crippen molar-refractivity contribution in [2.75, 3.05) is 0 Å². The summed E-state index contributed by atoms with van der Waals surface area (Å²) in [6, 6.07) is 28.7. The Kier molecular flexibility index (Phi) is 6.95. The summed E-state index contributed by atoms with van der Waals surface area (Å²) in [4.78, 5) is 9.26. The van der Waals surface area contributed by atoms with Crippen LogP contribution in [-0.4, -0.2) is 20.5 Å². The molecule has 0 saturated heterocycles. The highest BCUT2D eigenvalue weighted by molar-refractivity contribution is 6.09. The van der Waals surface area contributed by atoms with Gasteiger partial charge in [-0.1, -0.05) is 98.7 Å². The molecule has 6 heteroatoms. The molecular formula is C47H47N5O+2. The van der Waals surface area contributed by atoms with E-state index in [1.165, 1.54) is 5.56 Å². The summed E-state index contributed by atoms with van der Waals surface area (Å²) in [5.74, 6) is 1.97. The molecule has 0 N–H and O–H groups in total. The molecule has 0 spiro atoms. The second kappa shape index (κ2) is 12.4. The molecule has 0 bridgehead atoms. The number of pyridine rings is 2. The summed E-state index contributed by atoms with van der Waals surface area (Å²) in [6.07, 6.45) is 5.53. The highest BCUT2D eigenvalue weighted by Gasteiger charge is 2.41. The highest BCUT2D eigenvalue weighted by atomic mass is 16.5. The van der Waals surface area contributed by atoms with Gasteiger partial charge in [0.2, 0.25) is 11.4 Å². The molecule has 0 radical (unpaired) electrons. The fraction of sp³-hybridized carbons (Fsp3) is 0.255. The second-order valence-electron chi connectivity index (χ2n) is 16.8. The summed E-state index contributed by atoms with van der Waals surface area (Å²) in [5.41, 5.74) is 6.70. The number of nitrogens with zero attached hydrogens (tertiary/aromatic N) is 5. The van der Waals surface area contributed by atoms with E-state index in [0.717, 1.165) is 44.4 Å². The average Bonchev–Trinajstić information content (AvgIpc) is 3.72. The standard InChI is InChI=1S/C47H47N5O/c1-45(2,3)31-22-25-49-43(26-31)52-41-28-34(20-21-35(41)36-23-24-48-29-42(36)52)53-33-15-12-14-32(27-33)50-30-51(40-19-11-10-18-39(40)50)44-37(46(4,5)6)16-13-17-38(44)47(7,8)9/h10-29H,1-9H3/q+2/i10D,11D,18D,19D. The molecule has 0 aliphatic carbocycles. The maximum atomic E-state index is 9.18. The molecular weight excluding hydrogens is 651 g/mol. The molecule has 1 aliphatic heterocycles. The van der Waals surface area contributed by atoms with Crippen LogP contribution in [0.5, 0.6) is 11.5 Å². The van der Waals surface area contributed by atoms with Crippen LogP contribution in [0.1, 0.15) is 84.5 Å². The average molecular weight is 702 g/mol. The number of para-hydroxylation sites is 3. The van der Waals surface area contributed by atoms with E-state index in [4.69, 9.17) is 13.8 Å². The van der Waals surface area contributed by atoms with E-state index in [0.29, 0.717) is 28.6 Å². The maximum Gasteiger partial charge on any atom is 0.503 e. The predicted molar refractivity (Wildman–Crippen MR) is 220 cm³/mol. The van der Waals surface area contributed by atoms with E-state index < -0.39 is 0 Å². The zero-order chi connectivity index (χ0) is 40.8. The first-order valence-electron chi connectivity index (χ1n) is 20.1. The van der Waals surface area contributed by atoms with Gasteiger partial charge >= 0.3 is 6.01 Å². The summed E-state index contributed by atoms with van der Waals surface area (Å²) < 4.78 is 48.0. The molecule has 8 rings (SSSR count). The van der Waals surface area contributed by atoms with Gasteiger partial charge in [0, 0.05) is 58.5 Å². The van der Waals surface area contributed by atoms with Gasteiger partial charge in [-0.25, -0.2) is 4.98 Å². The Balaban J connectivity index is 1.30. The van der Waals surface area contributed by atoms with Gasteiger partial charge in [-0.3, -0.25) is 9.55 Å².